The number of aryl methyl sites for hydroxylation is 1. The Morgan fingerprint density at radius 2 is 1.97 bits per heavy atom. The molecule has 2 heterocycles. The molecule has 0 bridgehead atoms. The molecule has 1 atom stereocenters. The number of carbonyl (C=O) groups is 2. The highest BCUT2D eigenvalue weighted by Gasteiger charge is 2.41. The normalized spacial score (nSPS) is 20.8. The fraction of sp³-hybridized carbons (Fsp3) is 0.364. The summed E-state index contributed by atoms with van der Waals surface area (Å²) in [4.78, 5) is 25.2. The van der Waals surface area contributed by atoms with Crippen molar-refractivity contribution in [3.8, 4) is 5.75 Å². The summed E-state index contributed by atoms with van der Waals surface area (Å²) in [6, 6.07) is 11.7. The standard InChI is InChI=1S/C22H24N2O5S/c1-14-8-9-18-16(12-14)17(13-22(2,3)29-18)23-20(25)10-11-24-21(26)15-6-4-5-7-19(15)30(24,27)28/h4-9,12,17H,10-11,13H2,1-3H3,(H,23,25)/t17-/m1/s1. The highest BCUT2D eigenvalue weighted by molar-refractivity contribution is 7.90. The molecule has 1 N–H and O–H groups in total. The number of amides is 2. The Bertz CT molecular complexity index is 1140. The Labute approximate surface area is 176 Å². The van der Waals surface area contributed by atoms with Crippen LogP contribution in [0.4, 0.5) is 0 Å². The van der Waals surface area contributed by atoms with Gasteiger partial charge >= 0.3 is 0 Å². The van der Waals surface area contributed by atoms with Crippen LogP contribution in [0.5, 0.6) is 5.75 Å². The number of hydrogen-bond acceptors (Lipinski definition) is 5. The molecule has 0 saturated heterocycles. The largest absolute Gasteiger partial charge is 0.487 e. The first-order valence-corrected chi connectivity index (χ1v) is 11.3. The quantitative estimate of drug-likeness (QED) is 0.808. The maximum atomic E-state index is 12.7. The lowest BCUT2D eigenvalue weighted by Gasteiger charge is -2.38. The molecule has 158 valence electrons. The monoisotopic (exact) mass is 428 g/mol. The Morgan fingerprint density at radius 3 is 2.70 bits per heavy atom. The SMILES string of the molecule is Cc1ccc2c(c1)[C@H](NC(=O)CCN1C(=O)c3ccccc3S1(=O)=O)CC(C)(C)O2. The van der Waals surface area contributed by atoms with Crippen LogP contribution in [0.25, 0.3) is 0 Å². The summed E-state index contributed by atoms with van der Waals surface area (Å²) in [6.07, 6.45) is 0.472. The number of sulfonamides is 1. The topological polar surface area (TPSA) is 92.8 Å². The van der Waals surface area contributed by atoms with Crippen molar-refractivity contribution in [3.63, 3.8) is 0 Å². The van der Waals surface area contributed by atoms with E-state index in [4.69, 9.17) is 4.74 Å². The number of ether oxygens (including phenoxy) is 1. The summed E-state index contributed by atoms with van der Waals surface area (Å²) in [5, 5.41) is 2.99. The molecular formula is C22H24N2O5S. The molecule has 2 amide bonds. The van der Waals surface area contributed by atoms with E-state index in [2.05, 4.69) is 5.32 Å². The van der Waals surface area contributed by atoms with E-state index in [0.717, 1.165) is 21.2 Å². The third-order valence-corrected chi connectivity index (χ3v) is 7.25. The maximum absolute atomic E-state index is 12.7. The van der Waals surface area contributed by atoms with E-state index in [1.807, 2.05) is 39.0 Å². The Hall–Kier alpha value is -2.87. The summed E-state index contributed by atoms with van der Waals surface area (Å²) < 4.78 is 32.1. The van der Waals surface area contributed by atoms with E-state index in [-0.39, 0.29) is 35.4 Å². The van der Waals surface area contributed by atoms with Crippen molar-refractivity contribution in [2.75, 3.05) is 6.54 Å². The number of fused-ring (bicyclic) bond motifs is 2. The van der Waals surface area contributed by atoms with E-state index in [1.165, 1.54) is 12.1 Å². The molecule has 30 heavy (non-hydrogen) atoms. The van der Waals surface area contributed by atoms with Gasteiger partial charge in [0.2, 0.25) is 5.91 Å². The van der Waals surface area contributed by atoms with Crippen LogP contribution in [0, 0.1) is 6.92 Å². The van der Waals surface area contributed by atoms with Gasteiger partial charge in [0.1, 0.15) is 16.2 Å². The fourth-order valence-corrected chi connectivity index (χ4v) is 5.59. The Kier molecular flexibility index (Phi) is 4.85. The molecule has 0 saturated carbocycles. The van der Waals surface area contributed by atoms with Crippen molar-refractivity contribution in [1.29, 1.82) is 0 Å². The van der Waals surface area contributed by atoms with Crippen molar-refractivity contribution in [1.82, 2.24) is 9.62 Å². The second-order valence-corrected chi connectivity index (χ2v) is 10.2. The van der Waals surface area contributed by atoms with E-state index < -0.39 is 21.5 Å². The highest BCUT2D eigenvalue weighted by atomic mass is 32.2. The van der Waals surface area contributed by atoms with Gasteiger partial charge in [0, 0.05) is 24.9 Å². The smallest absolute Gasteiger partial charge is 0.269 e. The van der Waals surface area contributed by atoms with Crippen molar-refractivity contribution in [2.24, 2.45) is 0 Å². The predicted molar refractivity (Wildman–Crippen MR) is 111 cm³/mol. The average molecular weight is 429 g/mol. The molecule has 4 rings (SSSR count). The van der Waals surface area contributed by atoms with Gasteiger partial charge in [0.25, 0.3) is 15.9 Å². The molecule has 0 radical (unpaired) electrons. The first-order chi connectivity index (χ1) is 14.1. The summed E-state index contributed by atoms with van der Waals surface area (Å²) in [7, 11) is -3.91. The van der Waals surface area contributed by atoms with Crippen LogP contribution in [-0.4, -0.2) is 36.7 Å². The summed E-state index contributed by atoms with van der Waals surface area (Å²) in [5.74, 6) is -0.175. The van der Waals surface area contributed by atoms with Crippen molar-refractivity contribution in [3.05, 3.63) is 59.2 Å². The van der Waals surface area contributed by atoms with E-state index in [9.17, 15) is 18.0 Å². The zero-order valence-electron chi connectivity index (χ0n) is 17.1. The van der Waals surface area contributed by atoms with Crippen LogP contribution >= 0.6 is 0 Å². The van der Waals surface area contributed by atoms with Gasteiger partial charge < -0.3 is 10.1 Å². The Balaban J connectivity index is 1.48. The van der Waals surface area contributed by atoms with Crippen molar-refractivity contribution >= 4 is 21.8 Å². The minimum Gasteiger partial charge on any atom is -0.487 e. The zero-order chi connectivity index (χ0) is 21.7. The van der Waals surface area contributed by atoms with Crippen molar-refractivity contribution in [2.45, 2.75) is 50.2 Å². The lowest BCUT2D eigenvalue weighted by atomic mass is 9.89. The molecular weight excluding hydrogens is 404 g/mol. The van der Waals surface area contributed by atoms with Crippen LogP contribution in [-0.2, 0) is 14.8 Å². The molecule has 0 fully saturated rings. The molecule has 0 aromatic heterocycles. The Morgan fingerprint density at radius 1 is 1.23 bits per heavy atom. The van der Waals surface area contributed by atoms with Gasteiger partial charge in [-0.3, -0.25) is 9.59 Å². The molecule has 0 aliphatic carbocycles. The molecule has 2 aliphatic heterocycles. The minimum absolute atomic E-state index is 0.00834. The second kappa shape index (κ2) is 7.12. The van der Waals surface area contributed by atoms with Gasteiger partial charge in [-0.1, -0.05) is 29.8 Å². The minimum atomic E-state index is -3.91. The van der Waals surface area contributed by atoms with Gasteiger partial charge in [-0.2, -0.15) is 0 Å². The maximum Gasteiger partial charge on any atom is 0.269 e. The lowest BCUT2D eigenvalue weighted by molar-refractivity contribution is -0.122. The molecule has 0 unspecified atom stereocenters. The van der Waals surface area contributed by atoms with Gasteiger partial charge in [0.15, 0.2) is 0 Å². The van der Waals surface area contributed by atoms with Crippen LogP contribution in [0.15, 0.2) is 47.4 Å². The number of rotatable bonds is 4. The first kappa shape index (κ1) is 20.4. The summed E-state index contributed by atoms with van der Waals surface area (Å²) in [5.41, 5.74) is 1.66. The van der Waals surface area contributed by atoms with Crippen molar-refractivity contribution < 1.29 is 22.7 Å². The number of nitrogens with zero attached hydrogens (tertiary/aromatic N) is 1. The van der Waals surface area contributed by atoms with Crippen LogP contribution in [0.3, 0.4) is 0 Å². The number of hydrogen-bond donors (Lipinski definition) is 1. The first-order valence-electron chi connectivity index (χ1n) is 9.83. The molecule has 0 spiro atoms. The van der Waals surface area contributed by atoms with Crippen LogP contribution in [0.1, 0.15) is 54.2 Å². The summed E-state index contributed by atoms with van der Waals surface area (Å²) in [6.45, 7) is 5.69. The molecule has 7 nitrogen and oxygen atoms in total. The van der Waals surface area contributed by atoms with Crippen LogP contribution in [0.2, 0.25) is 0 Å². The zero-order valence-corrected chi connectivity index (χ0v) is 18.0. The number of nitrogens with one attached hydrogen (secondary N) is 1. The van der Waals surface area contributed by atoms with Gasteiger partial charge in [-0.25, -0.2) is 12.7 Å². The molecule has 8 heteroatoms. The van der Waals surface area contributed by atoms with E-state index >= 15 is 0 Å². The highest BCUT2D eigenvalue weighted by Crippen LogP contribution is 2.40. The van der Waals surface area contributed by atoms with E-state index in [0.29, 0.717) is 6.42 Å². The molecule has 2 aromatic carbocycles. The third-order valence-electron chi connectivity index (χ3n) is 5.41. The fourth-order valence-electron chi connectivity index (χ4n) is 4.02. The predicted octanol–water partition coefficient (Wildman–Crippen LogP) is 2.95. The lowest BCUT2D eigenvalue weighted by Crippen LogP contribution is -2.42. The van der Waals surface area contributed by atoms with Gasteiger partial charge in [0.05, 0.1) is 11.6 Å². The average Bonchev–Trinajstić information content (AvgIpc) is 2.86. The van der Waals surface area contributed by atoms with Gasteiger partial charge in [-0.15, -0.1) is 0 Å². The molecule has 2 aliphatic rings. The van der Waals surface area contributed by atoms with Crippen LogP contribution < -0.4 is 10.1 Å². The van der Waals surface area contributed by atoms with E-state index in [1.54, 1.807) is 12.1 Å². The second-order valence-electron chi connectivity index (χ2n) is 8.36. The summed E-state index contributed by atoms with van der Waals surface area (Å²) >= 11 is 0. The molecule has 2 aromatic rings. The van der Waals surface area contributed by atoms with Gasteiger partial charge in [-0.05, 0) is 39.0 Å². The number of benzene rings is 2. The number of carbonyl (C=O) groups excluding carboxylic acids is 2. The third kappa shape index (κ3) is 3.56.